The van der Waals surface area contributed by atoms with Crippen LogP contribution < -0.4 is 5.32 Å². The van der Waals surface area contributed by atoms with Crippen LogP contribution in [0, 0.1) is 0 Å². The second-order valence-electron chi connectivity index (χ2n) is 3.56. The molecule has 1 heterocycles. The second kappa shape index (κ2) is 5.54. The van der Waals surface area contributed by atoms with Gasteiger partial charge in [0.2, 0.25) is 0 Å². The van der Waals surface area contributed by atoms with Gasteiger partial charge in [0, 0.05) is 17.7 Å². The van der Waals surface area contributed by atoms with Crippen molar-refractivity contribution in [2.45, 2.75) is 13.5 Å². The van der Waals surface area contributed by atoms with Crippen molar-refractivity contribution in [3.63, 3.8) is 0 Å². The minimum atomic E-state index is 0.490. The maximum atomic E-state index is 6.15. The Bertz CT molecular complexity index is 511. The molecule has 1 aromatic heterocycles. The van der Waals surface area contributed by atoms with Gasteiger partial charge in [0.25, 0.3) is 0 Å². The number of aromatic nitrogens is 1. The van der Waals surface area contributed by atoms with Crippen LogP contribution in [0.5, 0.6) is 0 Å². The van der Waals surface area contributed by atoms with Crippen LogP contribution in [0.15, 0.2) is 28.9 Å². The van der Waals surface area contributed by atoms with Crippen LogP contribution in [0.4, 0.5) is 0 Å². The number of benzene rings is 1. The predicted octanol–water partition coefficient (Wildman–Crippen LogP) is 3.76. The van der Waals surface area contributed by atoms with Gasteiger partial charge in [-0.3, -0.25) is 0 Å². The third-order valence-electron chi connectivity index (χ3n) is 2.41. The Hall–Kier alpha value is -1.03. The molecule has 3 nitrogen and oxygen atoms in total. The first kappa shape index (κ1) is 12.4. The number of nitrogens with zero attached hydrogens (tertiary/aromatic N) is 1. The van der Waals surface area contributed by atoms with Gasteiger partial charge in [-0.25, -0.2) is 0 Å². The third kappa shape index (κ3) is 2.63. The highest BCUT2D eigenvalue weighted by Gasteiger charge is 2.14. The molecule has 0 aliphatic rings. The lowest BCUT2D eigenvalue weighted by molar-refractivity contribution is 0.431. The summed E-state index contributed by atoms with van der Waals surface area (Å²) in [7, 11) is 0. The standard InChI is InChI=1S/C12H12Cl2N2O/c1-2-15-6-8-7-16-17-12(8)9-4-3-5-10(13)11(9)14/h3-5,7,15H,2,6H2,1H3. The van der Waals surface area contributed by atoms with Crippen molar-refractivity contribution in [1.29, 1.82) is 0 Å². The number of hydrogen-bond donors (Lipinski definition) is 1. The highest BCUT2D eigenvalue weighted by atomic mass is 35.5. The van der Waals surface area contributed by atoms with Gasteiger partial charge >= 0.3 is 0 Å². The lowest BCUT2D eigenvalue weighted by Crippen LogP contribution is -2.11. The number of nitrogens with one attached hydrogen (secondary N) is 1. The SMILES string of the molecule is CCNCc1cnoc1-c1cccc(Cl)c1Cl. The molecule has 0 radical (unpaired) electrons. The maximum absolute atomic E-state index is 6.15. The number of halogens is 2. The molecule has 0 amide bonds. The van der Waals surface area contributed by atoms with E-state index in [4.69, 9.17) is 27.7 Å². The highest BCUT2D eigenvalue weighted by molar-refractivity contribution is 6.43. The fourth-order valence-corrected chi connectivity index (χ4v) is 1.93. The van der Waals surface area contributed by atoms with E-state index in [1.165, 1.54) is 0 Å². The van der Waals surface area contributed by atoms with E-state index in [-0.39, 0.29) is 0 Å². The average Bonchev–Trinajstić information content (AvgIpc) is 2.78. The molecule has 0 unspecified atom stereocenters. The van der Waals surface area contributed by atoms with Crippen molar-refractivity contribution >= 4 is 23.2 Å². The minimum absolute atomic E-state index is 0.490. The lowest BCUT2D eigenvalue weighted by Gasteiger charge is -2.05. The summed E-state index contributed by atoms with van der Waals surface area (Å²) < 4.78 is 5.25. The second-order valence-corrected chi connectivity index (χ2v) is 4.35. The molecule has 0 aliphatic carbocycles. The van der Waals surface area contributed by atoms with E-state index in [1.54, 1.807) is 12.3 Å². The van der Waals surface area contributed by atoms with Gasteiger partial charge < -0.3 is 9.84 Å². The van der Waals surface area contributed by atoms with E-state index in [1.807, 2.05) is 19.1 Å². The zero-order valence-electron chi connectivity index (χ0n) is 9.34. The first-order chi connectivity index (χ1) is 8.24. The Morgan fingerprint density at radius 2 is 2.18 bits per heavy atom. The van der Waals surface area contributed by atoms with Crippen LogP contribution in [0.2, 0.25) is 10.0 Å². The first-order valence-corrected chi connectivity index (χ1v) is 6.08. The summed E-state index contributed by atoms with van der Waals surface area (Å²) in [6.07, 6.45) is 1.69. The van der Waals surface area contributed by atoms with E-state index in [0.717, 1.165) is 17.7 Å². The highest BCUT2D eigenvalue weighted by Crippen LogP contribution is 2.34. The van der Waals surface area contributed by atoms with Crippen molar-refractivity contribution in [3.8, 4) is 11.3 Å². The summed E-state index contributed by atoms with van der Waals surface area (Å²) in [6, 6.07) is 5.45. The monoisotopic (exact) mass is 270 g/mol. The molecule has 1 aromatic carbocycles. The predicted molar refractivity (Wildman–Crippen MR) is 69.3 cm³/mol. The van der Waals surface area contributed by atoms with Gasteiger partial charge in [0.1, 0.15) is 0 Å². The molecule has 0 fully saturated rings. The van der Waals surface area contributed by atoms with E-state index in [2.05, 4.69) is 10.5 Å². The smallest absolute Gasteiger partial charge is 0.172 e. The molecule has 90 valence electrons. The average molecular weight is 271 g/mol. The van der Waals surface area contributed by atoms with Crippen LogP contribution in [0.25, 0.3) is 11.3 Å². The summed E-state index contributed by atoms with van der Waals surface area (Å²) >= 11 is 12.1. The summed E-state index contributed by atoms with van der Waals surface area (Å²) in [4.78, 5) is 0. The molecule has 0 saturated carbocycles. The van der Waals surface area contributed by atoms with Gasteiger partial charge in [-0.05, 0) is 18.7 Å². The lowest BCUT2D eigenvalue weighted by atomic mass is 10.1. The van der Waals surface area contributed by atoms with E-state index < -0.39 is 0 Å². The van der Waals surface area contributed by atoms with Crippen LogP contribution in [0.3, 0.4) is 0 Å². The third-order valence-corrected chi connectivity index (χ3v) is 3.22. The topological polar surface area (TPSA) is 38.1 Å². The number of hydrogen-bond acceptors (Lipinski definition) is 3. The Morgan fingerprint density at radius 1 is 1.35 bits per heavy atom. The normalized spacial score (nSPS) is 10.8. The molecule has 0 saturated heterocycles. The fraction of sp³-hybridized carbons (Fsp3) is 0.250. The van der Waals surface area contributed by atoms with Crippen LogP contribution in [-0.4, -0.2) is 11.7 Å². The Labute approximate surface area is 110 Å². The molecule has 0 atom stereocenters. The van der Waals surface area contributed by atoms with E-state index in [0.29, 0.717) is 22.4 Å². The van der Waals surface area contributed by atoms with Crippen LogP contribution in [0.1, 0.15) is 12.5 Å². The first-order valence-electron chi connectivity index (χ1n) is 5.32. The van der Waals surface area contributed by atoms with Gasteiger partial charge in [0.15, 0.2) is 5.76 Å². The molecular formula is C12H12Cl2N2O. The Kier molecular flexibility index (Phi) is 4.05. The molecular weight excluding hydrogens is 259 g/mol. The van der Waals surface area contributed by atoms with Gasteiger partial charge in [-0.15, -0.1) is 0 Å². The van der Waals surface area contributed by atoms with Crippen LogP contribution in [-0.2, 0) is 6.54 Å². The zero-order chi connectivity index (χ0) is 12.3. The Morgan fingerprint density at radius 3 is 2.94 bits per heavy atom. The molecule has 2 aromatic rings. The fourth-order valence-electron chi connectivity index (χ4n) is 1.55. The van der Waals surface area contributed by atoms with Gasteiger partial charge in [0.05, 0.1) is 16.2 Å². The molecule has 0 bridgehead atoms. The summed E-state index contributed by atoms with van der Waals surface area (Å²) in [6.45, 7) is 3.62. The van der Waals surface area contributed by atoms with Crippen molar-refractivity contribution in [3.05, 3.63) is 40.0 Å². The van der Waals surface area contributed by atoms with Crippen molar-refractivity contribution in [1.82, 2.24) is 10.5 Å². The maximum Gasteiger partial charge on any atom is 0.172 e. The van der Waals surface area contributed by atoms with E-state index >= 15 is 0 Å². The van der Waals surface area contributed by atoms with Crippen molar-refractivity contribution in [2.75, 3.05) is 6.54 Å². The molecule has 5 heteroatoms. The molecule has 0 aliphatic heterocycles. The zero-order valence-corrected chi connectivity index (χ0v) is 10.8. The number of rotatable bonds is 4. The summed E-state index contributed by atoms with van der Waals surface area (Å²) in [5.74, 6) is 0.665. The Balaban J connectivity index is 2.39. The quantitative estimate of drug-likeness (QED) is 0.920. The molecule has 1 N–H and O–H groups in total. The summed E-state index contributed by atoms with van der Waals surface area (Å²) in [5, 5.41) is 8.02. The molecule has 17 heavy (non-hydrogen) atoms. The van der Waals surface area contributed by atoms with Gasteiger partial charge in [-0.1, -0.05) is 41.3 Å². The van der Waals surface area contributed by atoms with Crippen LogP contribution >= 0.6 is 23.2 Å². The van der Waals surface area contributed by atoms with Crippen molar-refractivity contribution in [2.24, 2.45) is 0 Å². The van der Waals surface area contributed by atoms with Gasteiger partial charge in [-0.2, -0.15) is 0 Å². The molecule has 0 spiro atoms. The van der Waals surface area contributed by atoms with E-state index in [9.17, 15) is 0 Å². The molecule has 2 rings (SSSR count). The van der Waals surface area contributed by atoms with Crippen molar-refractivity contribution < 1.29 is 4.52 Å². The summed E-state index contributed by atoms with van der Waals surface area (Å²) in [5.41, 5.74) is 1.74. The minimum Gasteiger partial charge on any atom is -0.356 e. The largest absolute Gasteiger partial charge is 0.356 e.